The summed E-state index contributed by atoms with van der Waals surface area (Å²) in [7, 11) is 0. The fourth-order valence-electron chi connectivity index (χ4n) is 2.81. The topological polar surface area (TPSA) is 6.48 Å². The zero-order chi connectivity index (χ0) is 12.5. The van der Waals surface area contributed by atoms with E-state index in [0.29, 0.717) is 26.1 Å². The molecule has 0 aromatic rings. The lowest BCUT2D eigenvalue weighted by atomic mass is 9.82. The second-order valence-corrected chi connectivity index (χ2v) is 7.05. The molecule has 1 saturated carbocycles. The van der Waals surface area contributed by atoms with Crippen molar-refractivity contribution < 1.29 is 8.78 Å². The Labute approximate surface area is 118 Å². The van der Waals surface area contributed by atoms with E-state index in [1.165, 1.54) is 0 Å². The molecule has 100 valence electrons. The second-order valence-electron chi connectivity index (χ2n) is 5.14. The lowest BCUT2D eigenvalue weighted by Gasteiger charge is -2.32. The number of halogens is 4. The van der Waals surface area contributed by atoms with Crippen molar-refractivity contribution >= 4 is 32.3 Å². The Morgan fingerprint density at radius 1 is 1.12 bits per heavy atom. The van der Waals surface area contributed by atoms with E-state index in [1.807, 2.05) is 7.85 Å². The maximum absolute atomic E-state index is 14.2. The van der Waals surface area contributed by atoms with Crippen molar-refractivity contribution in [2.75, 3.05) is 13.2 Å². The minimum absolute atomic E-state index is 0.0367. The van der Waals surface area contributed by atoms with Gasteiger partial charge in [0, 0.05) is 57.2 Å². The van der Waals surface area contributed by atoms with Gasteiger partial charge in [0.1, 0.15) is 0 Å². The zero-order valence-corrected chi connectivity index (χ0v) is 12.9. The predicted octanol–water partition coefficient (Wildman–Crippen LogP) is 4.16. The summed E-state index contributed by atoms with van der Waals surface area (Å²) < 4.78 is 32.1. The maximum Gasteiger partial charge on any atom is 0.252 e. The minimum Gasteiger partial charge on any atom is -0.226 e. The van der Waals surface area contributed by atoms with Gasteiger partial charge < -0.3 is 0 Å². The summed E-state index contributed by atoms with van der Waals surface area (Å²) in [6.45, 7) is 1.29. The van der Waals surface area contributed by atoms with Crippen molar-refractivity contribution in [1.82, 2.24) is 7.85 Å². The summed E-state index contributed by atoms with van der Waals surface area (Å²) in [5, 5.41) is 0. The van der Waals surface area contributed by atoms with E-state index in [0.717, 1.165) is 19.3 Å². The van der Waals surface area contributed by atoms with Crippen LogP contribution in [0.25, 0.3) is 0 Å². The number of alkyl halides is 2. The Balaban J connectivity index is 1.91. The van der Waals surface area contributed by atoms with Crippen LogP contribution < -0.4 is 0 Å². The Bertz CT molecular complexity index is 260. The average Bonchev–Trinajstić information content (AvgIpc) is 2.58. The van der Waals surface area contributed by atoms with E-state index in [4.69, 9.17) is 0 Å². The molecular weight excluding hydrogens is 358 g/mol. The van der Waals surface area contributed by atoms with Gasteiger partial charge in [-0.2, -0.15) is 0 Å². The Hall–Kier alpha value is 0.740. The zero-order valence-electron chi connectivity index (χ0n) is 9.72. The first-order valence-electron chi connectivity index (χ1n) is 6.20. The summed E-state index contributed by atoms with van der Waals surface area (Å²) in [6, 6.07) is -0.105. The molecule has 0 spiro atoms. The van der Waals surface area contributed by atoms with Crippen molar-refractivity contribution in [3.63, 3.8) is 0 Å². The van der Waals surface area contributed by atoms with Crippen molar-refractivity contribution in [2.45, 2.75) is 50.5 Å². The number of nitrogens with zero attached hydrogens (tertiary/aromatic N) is 2. The highest BCUT2D eigenvalue weighted by molar-refractivity contribution is 9.08. The molecule has 2 fully saturated rings. The fourth-order valence-corrected chi connectivity index (χ4v) is 4.23. The molecule has 6 heteroatoms. The summed E-state index contributed by atoms with van der Waals surface area (Å²) in [5.74, 6) is -2.92. The molecule has 1 aliphatic heterocycles. The van der Waals surface area contributed by atoms with E-state index in [1.54, 1.807) is 0 Å². The largest absolute Gasteiger partial charge is 0.252 e. The third-order valence-corrected chi connectivity index (χ3v) is 5.12. The normalized spacial score (nSPS) is 30.0. The van der Waals surface area contributed by atoms with Crippen LogP contribution in [-0.2, 0) is 0 Å². The minimum atomic E-state index is -2.52. The van der Waals surface area contributed by atoms with E-state index in [9.17, 15) is 8.78 Å². The van der Waals surface area contributed by atoms with Gasteiger partial charge in [-0.25, -0.2) is 16.6 Å². The van der Waals surface area contributed by atoms with E-state index < -0.39 is 11.8 Å². The highest BCUT2D eigenvalue weighted by Crippen LogP contribution is 2.41. The first-order valence-corrected chi connectivity index (χ1v) is 7.62. The van der Waals surface area contributed by atoms with Crippen LogP contribution in [-0.4, -0.2) is 33.0 Å². The molecule has 17 heavy (non-hydrogen) atoms. The van der Waals surface area contributed by atoms with Crippen LogP contribution in [0.2, 0.25) is 0 Å². The van der Waals surface area contributed by atoms with Crippen molar-refractivity contribution in [2.24, 2.45) is 5.92 Å². The molecule has 0 bridgehead atoms. The van der Waals surface area contributed by atoms with Gasteiger partial charge in [0.15, 0.2) is 0 Å². The third-order valence-electron chi connectivity index (χ3n) is 3.80. The highest BCUT2D eigenvalue weighted by atomic mass is 79.9. The molecule has 0 aromatic carbocycles. The van der Waals surface area contributed by atoms with Gasteiger partial charge in [0.05, 0.1) is 6.67 Å². The smallest absolute Gasteiger partial charge is 0.226 e. The van der Waals surface area contributed by atoms with Crippen LogP contribution >= 0.6 is 32.3 Å². The predicted molar refractivity (Wildman–Crippen MR) is 71.2 cm³/mol. The van der Waals surface area contributed by atoms with Gasteiger partial charge in [0.25, 0.3) is 5.92 Å². The summed E-state index contributed by atoms with van der Waals surface area (Å²) in [4.78, 5) is 0. The second kappa shape index (κ2) is 5.80. The number of rotatable bonds is 3. The summed E-state index contributed by atoms with van der Waals surface area (Å²) >= 11 is 6.69. The SMILES string of the molecule is FC(F)(CC1CN(Br)CN1Br)C1CCCCC1. The van der Waals surface area contributed by atoms with E-state index in [-0.39, 0.29) is 12.5 Å². The molecule has 1 unspecified atom stereocenters. The summed E-state index contributed by atoms with van der Waals surface area (Å²) in [5.41, 5.74) is 0. The average molecular weight is 376 g/mol. The molecule has 1 heterocycles. The van der Waals surface area contributed by atoms with Crippen LogP contribution in [0, 0.1) is 5.92 Å². The van der Waals surface area contributed by atoms with Crippen molar-refractivity contribution in [3.8, 4) is 0 Å². The molecule has 0 N–H and O–H groups in total. The highest BCUT2D eigenvalue weighted by Gasteiger charge is 2.44. The Kier molecular flexibility index (Phi) is 4.83. The fraction of sp³-hybridized carbons (Fsp3) is 1.00. The van der Waals surface area contributed by atoms with Crippen LogP contribution in [0.1, 0.15) is 38.5 Å². The Morgan fingerprint density at radius 3 is 2.29 bits per heavy atom. The van der Waals surface area contributed by atoms with Crippen molar-refractivity contribution in [1.29, 1.82) is 0 Å². The molecule has 0 amide bonds. The van der Waals surface area contributed by atoms with Gasteiger partial charge in [-0.15, -0.1) is 0 Å². The molecule has 2 aliphatic rings. The van der Waals surface area contributed by atoms with Gasteiger partial charge >= 0.3 is 0 Å². The van der Waals surface area contributed by atoms with Gasteiger partial charge in [-0.3, -0.25) is 0 Å². The molecular formula is C11H18Br2F2N2. The lowest BCUT2D eigenvalue weighted by molar-refractivity contribution is -0.0851. The first-order chi connectivity index (χ1) is 7.99. The van der Waals surface area contributed by atoms with Gasteiger partial charge in [-0.05, 0) is 12.8 Å². The van der Waals surface area contributed by atoms with Crippen molar-refractivity contribution in [3.05, 3.63) is 0 Å². The van der Waals surface area contributed by atoms with Crippen LogP contribution in [0.3, 0.4) is 0 Å². The van der Waals surface area contributed by atoms with Crippen LogP contribution in [0.15, 0.2) is 0 Å². The van der Waals surface area contributed by atoms with E-state index in [2.05, 4.69) is 32.3 Å². The standard InChI is InChI=1S/C11H18Br2F2N2/c12-16-7-10(17(13)8-16)6-11(14,15)9-4-2-1-3-5-9/h9-10H,1-8H2. The van der Waals surface area contributed by atoms with Crippen LogP contribution in [0.5, 0.6) is 0 Å². The first kappa shape index (κ1) is 14.2. The van der Waals surface area contributed by atoms with E-state index >= 15 is 0 Å². The number of hydrogen-bond acceptors (Lipinski definition) is 2. The van der Waals surface area contributed by atoms with Crippen LogP contribution in [0.4, 0.5) is 8.78 Å². The monoisotopic (exact) mass is 374 g/mol. The third kappa shape index (κ3) is 3.61. The van der Waals surface area contributed by atoms with Gasteiger partial charge in [0.2, 0.25) is 0 Å². The Morgan fingerprint density at radius 2 is 1.76 bits per heavy atom. The lowest BCUT2D eigenvalue weighted by Crippen LogP contribution is -2.37. The molecule has 2 nitrogen and oxygen atoms in total. The maximum atomic E-state index is 14.2. The quantitative estimate of drug-likeness (QED) is 0.683. The molecule has 1 atom stereocenters. The molecule has 1 aliphatic carbocycles. The van der Waals surface area contributed by atoms with Gasteiger partial charge in [-0.1, -0.05) is 19.3 Å². The molecule has 2 rings (SSSR count). The number of hydrogen-bond donors (Lipinski definition) is 0. The summed E-state index contributed by atoms with van der Waals surface area (Å²) in [6.07, 6.45) is 4.40. The molecule has 0 radical (unpaired) electrons. The molecule has 0 aromatic heterocycles. The molecule has 1 saturated heterocycles.